The minimum Gasteiger partial charge on any atom is -0.497 e. The van der Waals surface area contributed by atoms with E-state index in [4.69, 9.17) is 10.5 Å². The minimum atomic E-state index is -0.212. The van der Waals surface area contributed by atoms with Crippen molar-refractivity contribution in [3.05, 3.63) is 59.9 Å². The number of ether oxygens (including phenoxy) is 1. The highest BCUT2D eigenvalue weighted by Crippen LogP contribution is 2.21. The summed E-state index contributed by atoms with van der Waals surface area (Å²) in [5.41, 5.74) is 7.98. The van der Waals surface area contributed by atoms with Crippen molar-refractivity contribution < 1.29 is 4.74 Å². The SMILES string of the molecule is COc1cccc(C(N)c2ccccn2)c1. The number of pyridine rings is 1. The van der Waals surface area contributed by atoms with E-state index in [1.807, 2.05) is 42.5 Å². The van der Waals surface area contributed by atoms with Crippen LogP contribution >= 0.6 is 0 Å². The molecule has 0 amide bonds. The molecule has 1 aromatic carbocycles. The molecule has 0 saturated carbocycles. The Morgan fingerprint density at radius 1 is 1.19 bits per heavy atom. The Hall–Kier alpha value is -1.87. The molecule has 82 valence electrons. The molecule has 1 heterocycles. The van der Waals surface area contributed by atoms with Crippen molar-refractivity contribution in [3.8, 4) is 5.75 Å². The lowest BCUT2D eigenvalue weighted by molar-refractivity contribution is 0.414. The maximum absolute atomic E-state index is 6.12. The lowest BCUT2D eigenvalue weighted by Gasteiger charge is -2.12. The zero-order chi connectivity index (χ0) is 11.4. The molecule has 1 unspecified atom stereocenters. The van der Waals surface area contributed by atoms with E-state index in [1.165, 1.54) is 0 Å². The Kier molecular flexibility index (Phi) is 3.17. The van der Waals surface area contributed by atoms with Crippen LogP contribution in [0.2, 0.25) is 0 Å². The highest BCUT2D eigenvalue weighted by molar-refractivity contribution is 5.34. The molecule has 2 aromatic rings. The summed E-state index contributed by atoms with van der Waals surface area (Å²) in [7, 11) is 1.64. The number of nitrogens with two attached hydrogens (primary N) is 1. The maximum atomic E-state index is 6.12. The topological polar surface area (TPSA) is 48.1 Å². The average molecular weight is 214 g/mol. The van der Waals surface area contributed by atoms with Gasteiger partial charge in [-0.15, -0.1) is 0 Å². The number of aromatic nitrogens is 1. The van der Waals surface area contributed by atoms with E-state index < -0.39 is 0 Å². The fourth-order valence-electron chi connectivity index (χ4n) is 1.57. The second-order valence-corrected chi connectivity index (χ2v) is 3.51. The van der Waals surface area contributed by atoms with Crippen molar-refractivity contribution in [2.45, 2.75) is 6.04 Å². The number of rotatable bonds is 3. The lowest BCUT2D eigenvalue weighted by Crippen LogP contribution is -2.13. The van der Waals surface area contributed by atoms with Crippen LogP contribution in [0.3, 0.4) is 0 Å². The largest absolute Gasteiger partial charge is 0.497 e. The van der Waals surface area contributed by atoms with Crippen molar-refractivity contribution in [1.82, 2.24) is 4.98 Å². The molecule has 0 radical (unpaired) electrons. The van der Waals surface area contributed by atoms with E-state index in [0.717, 1.165) is 17.0 Å². The van der Waals surface area contributed by atoms with Gasteiger partial charge in [-0.1, -0.05) is 18.2 Å². The smallest absolute Gasteiger partial charge is 0.119 e. The Labute approximate surface area is 94.9 Å². The molecule has 1 atom stereocenters. The molecule has 16 heavy (non-hydrogen) atoms. The molecule has 0 aliphatic rings. The summed E-state index contributed by atoms with van der Waals surface area (Å²) >= 11 is 0. The molecule has 0 aliphatic heterocycles. The standard InChI is InChI=1S/C13H14N2O/c1-16-11-6-4-5-10(9-11)13(14)12-7-2-3-8-15-12/h2-9,13H,14H2,1H3. The van der Waals surface area contributed by atoms with E-state index in [1.54, 1.807) is 13.3 Å². The zero-order valence-electron chi connectivity index (χ0n) is 9.13. The Morgan fingerprint density at radius 3 is 2.75 bits per heavy atom. The third-order valence-corrected chi connectivity index (χ3v) is 2.46. The van der Waals surface area contributed by atoms with Gasteiger partial charge in [-0.2, -0.15) is 0 Å². The molecule has 2 rings (SSSR count). The number of methoxy groups -OCH3 is 1. The van der Waals surface area contributed by atoms with Gasteiger partial charge in [0.1, 0.15) is 5.75 Å². The Morgan fingerprint density at radius 2 is 2.06 bits per heavy atom. The molecule has 0 spiro atoms. The van der Waals surface area contributed by atoms with E-state index in [-0.39, 0.29) is 6.04 Å². The van der Waals surface area contributed by atoms with E-state index in [2.05, 4.69) is 4.98 Å². The summed E-state index contributed by atoms with van der Waals surface area (Å²) in [6.45, 7) is 0. The predicted molar refractivity (Wildman–Crippen MR) is 63.3 cm³/mol. The summed E-state index contributed by atoms with van der Waals surface area (Å²) in [5.74, 6) is 0.809. The van der Waals surface area contributed by atoms with Gasteiger partial charge in [-0.3, -0.25) is 4.98 Å². The zero-order valence-corrected chi connectivity index (χ0v) is 9.13. The molecule has 0 aliphatic carbocycles. The normalized spacial score (nSPS) is 12.1. The minimum absolute atomic E-state index is 0.212. The van der Waals surface area contributed by atoms with Gasteiger partial charge in [-0.25, -0.2) is 0 Å². The van der Waals surface area contributed by atoms with Gasteiger partial charge in [-0.05, 0) is 29.8 Å². The molecule has 2 N–H and O–H groups in total. The third-order valence-electron chi connectivity index (χ3n) is 2.46. The van der Waals surface area contributed by atoms with Crippen molar-refractivity contribution in [1.29, 1.82) is 0 Å². The first-order chi connectivity index (χ1) is 7.81. The highest BCUT2D eigenvalue weighted by atomic mass is 16.5. The third kappa shape index (κ3) is 2.20. The molecule has 0 bridgehead atoms. The van der Waals surface area contributed by atoms with Gasteiger partial charge in [0.2, 0.25) is 0 Å². The van der Waals surface area contributed by atoms with Gasteiger partial charge < -0.3 is 10.5 Å². The van der Waals surface area contributed by atoms with E-state index >= 15 is 0 Å². The number of hydrogen-bond acceptors (Lipinski definition) is 3. The number of benzene rings is 1. The molecule has 0 saturated heterocycles. The molecular weight excluding hydrogens is 200 g/mol. The van der Waals surface area contributed by atoms with Crippen LogP contribution in [0, 0.1) is 0 Å². The molecule has 3 nitrogen and oxygen atoms in total. The van der Waals surface area contributed by atoms with Gasteiger partial charge in [0, 0.05) is 6.20 Å². The summed E-state index contributed by atoms with van der Waals surface area (Å²) < 4.78 is 5.16. The maximum Gasteiger partial charge on any atom is 0.119 e. The van der Waals surface area contributed by atoms with Crippen molar-refractivity contribution in [2.75, 3.05) is 7.11 Å². The van der Waals surface area contributed by atoms with Crippen LogP contribution < -0.4 is 10.5 Å². The second kappa shape index (κ2) is 4.77. The monoisotopic (exact) mass is 214 g/mol. The molecule has 0 fully saturated rings. The van der Waals surface area contributed by atoms with Crippen LogP contribution in [0.1, 0.15) is 17.3 Å². The first-order valence-corrected chi connectivity index (χ1v) is 5.11. The van der Waals surface area contributed by atoms with Gasteiger partial charge in [0.05, 0.1) is 18.8 Å². The number of nitrogens with zero attached hydrogens (tertiary/aromatic N) is 1. The molecular formula is C13H14N2O. The average Bonchev–Trinajstić information content (AvgIpc) is 2.39. The van der Waals surface area contributed by atoms with Gasteiger partial charge in [0.25, 0.3) is 0 Å². The highest BCUT2D eigenvalue weighted by Gasteiger charge is 2.09. The van der Waals surface area contributed by atoms with Gasteiger partial charge in [0.15, 0.2) is 0 Å². The van der Waals surface area contributed by atoms with Crippen LogP contribution in [-0.2, 0) is 0 Å². The fourth-order valence-corrected chi connectivity index (χ4v) is 1.57. The van der Waals surface area contributed by atoms with Crippen molar-refractivity contribution >= 4 is 0 Å². The van der Waals surface area contributed by atoms with Crippen LogP contribution in [-0.4, -0.2) is 12.1 Å². The van der Waals surface area contributed by atoms with Crippen LogP contribution in [0.5, 0.6) is 5.75 Å². The van der Waals surface area contributed by atoms with Crippen LogP contribution in [0.25, 0.3) is 0 Å². The van der Waals surface area contributed by atoms with Crippen LogP contribution in [0.4, 0.5) is 0 Å². The first kappa shape index (κ1) is 10.6. The summed E-state index contributed by atoms with van der Waals surface area (Å²) in [5, 5.41) is 0. The quantitative estimate of drug-likeness (QED) is 0.851. The second-order valence-electron chi connectivity index (χ2n) is 3.51. The lowest BCUT2D eigenvalue weighted by atomic mass is 10.0. The van der Waals surface area contributed by atoms with E-state index in [9.17, 15) is 0 Å². The van der Waals surface area contributed by atoms with Gasteiger partial charge >= 0.3 is 0 Å². The van der Waals surface area contributed by atoms with Crippen LogP contribution in [0.15, 0.2) is 48.7 Å². The number of hydrogen-bond donors (Lipinski definition) is 1. The first-order valence-electron chi connectivity index (χ1n) is 5.11. The Balaban J connectivity index is 2.30. The summed E-state index contributed by atoms with van der Waals surface area (Å²) in [4.78, 5) is 4.24. The summed E-state index contributed by atoms with van der Waals surface area (Å²) in [6, 6.07) is 13.2. The molecule has 3 heteroatoms. The molecule has 1 aromatic heterocycles. The summed E-state index contributed by atoms with van der Waals surface area (Å²) in [6.07, 6.45) is 1.75. The Bertz CT molecular complexity index is 456. The fraction of sp³-hybridized carbons (Fsp3) is 0.154. The van der Waals surface area contributed by atoms with Crippen molar-refractivity contribution in [2.24, 2.45) is 5.73 Å². The van der Waals surface area contributed by atoms with Crippen molar-refractivity contribution in [3.63, 3.8) is 0 Å². The van der Waals surface area contributed by atoms with E-state index in [0.29, 0.717) is 0 Å². The predicted octanol–water partition coefficient (Wildman–Crippen LogP) is 2.14.